The molecule has 0 bridgehead atoms. The van der Waals surface area contributed by atoms with Gasteiger partial charge in [-0.05, 0) is 45.3 Å². The highest BCUT2D eigenvalue weighted by atomic mass is 15.2. The zero-order valence-corrected chi connectivity index (χ0v) is 10.8. The van der Waals surface area contributed by atoms with Crippen LogP contribution in [0.2, 0.25) is 6.32 Å². The highest BCUT2D eigenvalue weighted by Crippen LogP contribution is 2.16. The van der Waals surface area contributed by atoms with Crippen LogP contribution in [0.1, 0.15) is 46.5 Å². The Morgan fingerprint density at radius 1 is 0.933 bits per heavy atom. The van der Waals surface area contributed by atoms with Crippen LogP contribution in [0.4, 0.5) is 0 Å². The van der Waals surface area contributed by atoms with Crippen molar-refractivity contribution in [2.45, 2.75) is 52.8 Å². The normalized spacial score (nSPS) is 20.6. The van der Waals surface area contributed by atoms with Crippen molar-refractivity contribution in [3.05, 3.63) is 0 Å². The second-order valence-electron chi connectivity index (χ2n) is 4.59. The standard InChI is InChI=1S/C12H27BN2/c1-4-7-10-13-14(5-2)11-8-9-12-15(13)6-3/h4-12H2,1-3H3. The fourth-order valence-corrected chi connectivity index (χ4v) is 2.65. The summed E-state index contributed by atoms with van der Waals surface area (Å²) >= 11 is 0. The lowest BCUT2D eigenvalue weighted by atomic mass is 9.66. The van der Waals surface area contributed by atoms with Crippen LogP contribution in [0.25, 0.3) is 0 Å². The van der Waals surface area contributed by atoms with Crippen molar-refractivity contribution in [2.24, 2.45) is 0 Å². The monoisotopic (exact) mass is 210 g/mol. The Kier molecular flexibility index (Phi) is 6.34. The van der Waals surface area contributed by atoms with Crippen LogP contribution >= 0.6 is 0 Å². The molecule has 1 aliphatic heterocycles. The Morgan fingerprint density at radius 3 is 1.87 bits per heavy atom. The van der Waals surface area contributed by atoms with Gasteiger partial charge in [-0.25, -0.2) is 0 Å². The van der Waals surface area contributed by atoms with Crippen LogP contribution in [-0.4, -0.2) is 42.8 Å². The van der Waals surface area contributed by atoms with E-state index in [0.29, 0.717) is 0 Å². The molecule has 1 heterocycles. The van der Waals surface area contributed by atoms with Gasteiger partial charge in [0.2, 0.25) is 0 Å². The van der Waals surface area contributed by atoms with E-state index in [0.717, 1.165) is 6.98 Å². The van der Waals surface area contributed by atoms with Gasteiger partial charge in [-0.1, -0.05) is 33.6 Å². The highest BCUT2D eigenvalue weighted by Gasteiger charge is 2.29. The van der Waals surface area contributed by atoms with Gasteiger partial charge in [0.15, 0.2) is 0 Å². The number of unbranched alkanes of at least 4 members (excludes halogenated alkanes) is 1. The summed E-state index contributed by atoms with van der Waals surface area (Å²) < 4.78 is 0. The molecular formula is C12H27BN2. The quantitative estimate of drug-likeness (QED) is 0.644. The maximum Gasteiger partial charge on any atom is 0.310 e. The lowest BCUT2D eigenvalue weighted by Gasteiger charge is -2.33. The molecule has 0 radical (unpaired) electrons. The molecule has 0 saturated carbocycles. The summed E-state index contributed by atoms with van der Waals surface area (Å²) in [5, 5.41) is 0. The van der Waals surface area contributed by atoms with E-state index in [-0.39, 0.29) is 0 Å². The zero-order chi connectivity index (χ0) is 11.1. The molecule has 0 aromatic carbocycles. The predicted octanol–water partition coefficient (Wildman–Crippen LogP) is 2.71. The molecule has 0 aliphatic carbocycles. The van der Waals surface area contributed by atoms with Crippen molar-refractivity contribution in [3.63, 3.8) is 0 Å². The Morgan fingerprint density at radius 2 is 1.47 bits per heavy atom. The molecule has 88 valence electrons. The first kappa shape index (κ1) is 13.1. The largest absolute Gasteiger partial charge is 0.328 e. The van der Waals surface area contributed by atoms with E-state index < -0.39 is 0 Å². The maximum absolute atomic E-state index is 2.67. The average Bonchev–Trinajstić information content (AvgIpc) is 2.47. The van der Waals surface area contributed by atoms with E-state index in [1.165, 1.54) is 58.2 Å². The molecule has 2 nitrogen and oxygen atoms in total. The SMILES string of the molecule is CCCCB1N(CC)CCCCN1CC. The Labute approximate surface area is 96.1 Å². The first-order valence-corrected chi connectivity index (χ1v) is 6.81. The third-order valence-corrected chi connectivity index (χ3v) is 3.61. The van der Waals surface area contributed by atoms with Crippen LogP contribution < -0.4 is 0 Å². The topological polar surface area (TPSA) is 6.48 Å². The summed E-state index contributed by atoms with van der Waals surface area (Å²) in [6.45, 7) is 12.7. The van der Waals surface area contributed by atoms with Crippen molar-refractivity contribution < 1.29 is 0 Å². The maximum atomic E-state index is 2.67. The average molecular weight is 210 g/mol. The van der Waals surface area contributed by atoms with E-state index in [4.69, 9.17) is 0 Å². The van der Waals surface area contributed by atoms with E-state index >= 15 is 0 Å². The summed E-state index contributed by atoms with van der Waals surface area (Å²) in [7, 11) is 0. The molecule has 3 heteroatoms. The molecule has 0 amide bonds. The molecule has 0 N–H and O–H groups in total. The minimum Gasteiger partial charge on any atom is -0.328 e. The predicted molar refractivity (Wildman–Crippen MR) is 69.2 cm³/mol. The zero-order valence-electron chi connectivity index (χ0n) is 10.8. The van der Waals surface area contributed by atoms with E-state index in [2.05, 4.69) is 30.4 Å². The van der Waals surface area contributed by atoms with Crippen molar-refractivity contribution >= 4 is 6.98 Å². The minimum atomic E-state index is 0.724. The van der Waals surface area contributed by atoms with Gasteiger partial charge in [0.05, 0.1) is 0 Å². The number of nitrogens with zero attached hydrogens (tertiary/aromatic N) is 2. The van der Waals surface area contributed by atoms with Gasteiger partial charge in [0.25, 0.3) is 0 Å². The molecule has 1 saturated heterocycles. The summed E-state index contributed by atoms with van der Waals surface area (Å²) in [4.78, 5) is 5.35. The Hall–Kier alpha value is -0.0151. The fraction of sp³-hybridized carbons (Fsp3) is 1.00. The van der Waals surface area contributed by atoms with Crippen LogP contribution in [0, 0.1) is 0 Å². The van der Waals surface area contributed by atoms with Crippen molar-refractivity contribution in [1.29, 1.82) is 0 Å². The van der Waals surface area contributed by atoms with Crippen LogP contribution in [0.3, 0.4) is 0 Å². The number of hydrogen-bond donors (Lipinski definition) is 0. The first-order chi connectivity index (χ1) is 7.33. The van der Waals surface area contributed by atoms with Crippen molar-refractivity contribution in [1.82, 2.24) is 9.62 Å². The molecule has 0 aromatic rings. The second kappa shape index (κ2) is 7.29. The molecule has 0 unspecified atom stereocenters. The summed E-state index contributed by atoms with van der Waals surface area (Å²) in [5.74, 6) is 0. The molecule has 0 aromatic heterocycles. The summed E-state index contributed by atoms with van der Waals surface area (Å²) in [6.07, 6.45) is 6.82. The van der Waals surface area contributed by atoms with Gasteiger partial charge >= 0.3 is 6.98 Å². The van der Waals surface area contributed by atoms with E-state index in [9.17, 15) is 0 Å². The molecular weight excluding hydrogens is 183 g/mol. The molecule has 1 rings (SSSR count). The van der Waals surface area contributed by atoms with Crippen LogP contribution in [0.15, 0.2) is 0 Å². The van der Waals surface area contributed by atoms with Crippen LogP contribution in [0.5, 0.6) is 0 Å². The molecule has 1 fully saturated rings. The second-order valence-corrected chi connectivity index (χ2v) is 4.59. The third-order valence-electron chi connectivity index (χ3n) is 3.61. The van der Waals surface area contributed by atoms with E-state index in [1.807, 2.05) is 0 Å². The molecule has 0 atom stereocenters. The van der Waals surface area contributed by atoms with Gasteiger partial charge in [-0.2, -0.15) is 0 Å². The van der Waals surface area contributed by atoms with Crippen molar-refractivity contribution in [2.75, 3.05) is 26.2 Å². The van der Waals surface area contributed by atoms with Gasteiger partial charge in [0, 0.05) is 0 Å². The highest BCUT2D eigenvalue weighted by molar-refractivity contribution is 6.52. The molecule has 0 spiro atoms. The minimum absolute atomic E-state index is 0.724. The van der Waals surface area contributed by atoms with E-state index in [1.54, 1.807) is 0 Å². The van der Waals surface area contributed by atoms with Gasteiger partial charge in [-0.15, -0.1) is 0 Å². The van der Waals surface area contributed by atoms with Crippen LogP contribution in [-0.2, 0) is 0 Å². The third kappa shape index (κ3) is 3.80. The fourth-order valence-electron chi connectivity index (χ4n) is 2.65. The lowest BCUT2D eigenvalue weighted by Crippen LogP contribution is -2.51. The summed E-state index contributed by atoms with van der Waals surface area (Å²) in [6, 6.07) is 0. The van der Waals surface area contributed by atoms with Gasteiger partial charge in [0.1, 0.15) is 0 Å². The lowest BCUT2D eigenvalue weighted by molar-refractivity contribution is 0.396. The number of rotatable bonds is 5. The summed E-state index contributed by atoms with van der Waals surface area (Å²) in [5.41, 5.74) is 0. The number of hydrogen-bond acceptors (Lipinski definition) is 2. The molecule has 15 heavy (non-hydrogen) atoms. The van der Waals surface area contributed by atoms with Gasteiger partial charge in [-0.3, -0.25) is 0 Å². The Bertz CT molecular complexity index is 150. The molecule has 1 aliphatic rings. The van der Waals surface area contributed by atoms with Gasteiger partial charge < -0.3 is 9.62 Å². The first-order valence-electron chi connectivity index (χ1n) is 6.81. The Balaban J connectivity index is 2.58. The van der Waals surface area contributed by atoms with Crippen molar-refractivity contribution in [3.8, 4) is 0 Å². The smallest absolute Gasteiger partial charge is 0.310 e.